The zero-order valence-electron chi connectivity index (χ0n) is 16.6. The molecule has 0 bridgehead atoms. The third-order valence-electron chi connectivity index (χ3n) is 4.66. The first-order valence-electron chi connectivity index (χ1n) is 9.75. The van der Waals surface area contributed by atoms with Gasteiger partial charge in [-0.2, -0.15) is 13.2 Å². The number of nitrogens with zero attached hydrogens (tertiary/aromatic N) is 1. The molecule has 2 amide bonds. The van der Waals surface area contributed by atoms with Crippen molar-refractivity contribution in [3.05, 3.63) is 59.5 Å². The summed E-state index contributed by atoms with van der Waals surface area (Å²) >= 11 is 1.10. The third-order valence-corrected chi connectivity index (χ3v) is 5.41. The first-order chi connectivity index (χ1) is 15.3. The molecule has 1 aliphatic rings. The van der Waals surface area contributed by atoms with E-state index in [0.717, 1.165) is 36.3 Å². The number of anilines is 2. The first-order valence-corrected chi connectivity index (χ1v) is 10.6. The largest absolute Gasteiger partial charge is 0.484 e. The average molecular weight is 461 g/mol. The van der Waals surface area contributed by atoms with E-state index < -0.39 is 17.6 Å². The van der Waals surface area contributed by atoms with Gasteiger partial charge in [0.05, 0.1) is 11.3 Å². The minimum atomic E-state index is -4.45. The van der Waals surface area contributed by atoms with Gasteiger partial charge in [-0.1, -0.05) is 18.2 Å². The van der Waals surface area contributed by atoms with Crippen LogP contribution in [-0.4, -0.2) is 23.4 Å². The molecule has 3 aromatic rings. The summed E-state index contributed by atoms with van der Waals surface area (Å²) in [5.41, 5.74) is 0.456. The molecule has 1 fully saturated rings. The van der Waals surface area contributed by atoms with Gasteiger partial charge in [-0.3, -0.25) is 14.9 Å². The van der Waals surface area contributed by atoms with Gasteiger partial charge in [-0.05, 0) is 37.1 Å². The van der Waals surface area contributed by atoms with Crippen molar-refractivity contribution in [3.63, 3.8) is 0 Å². The Kier molecular flexibility index (Phi) is 6.13. The molecule has 32 heavy (non-hydrogen) atoms. The Hall–Kier alpha value is -3.40. The van der Waals surface area contributed by atoms with Crippen molar-refractivity contribution in [2.45, 2.75) is 19.0 Å². The van der Waals surface area contributed by atoms with Gasteiger partial charge in [0, 0.05) is 28.6 Å². The van der Waals surface area contributed by atoms with Gasteiger partial charge in [0.1, 0.15) is 5.75 Å². The third kappa shape index (κ3) is 5.64. The van der Waals surface area contributed by atoms with Crippen molar-refractivity contribution in [2.75, 3.05) is 17.2 Å². The Morgan fingerprint density at radius 1 is 1.09 bits per heavy atom. The molecule has 1 saturated carbocycles. The van der Waals surface area contributed by atoms with Gasteiger partial charge in [-0.15, -0.1) is 11.3 Å². The summed E-state index contributed by atoms with van der Waals surface area (Å²) in [5, 5.41) is 7.19. The van der Waals surface area contributed by atoms with E-state index in [9.17, 15) is 22.8 Å². The molecule has 4 rings (SSSR count). The molecule has 0 aliphatic heterocycles. The zero-order valence-corrected chi connectivity index (χ0v) is 17.4. The monoisotopic (exact) mass is 461 g/mol. The first kappa shape index (κ1) is 21.8. The Morgan fingerprint density at radius 2 is 1.88 bits per heavy atom. The molecule has 1 heterocycles. The molecule has 0 saturated heterocycles. The molecule has 0 radical (unpaired) electrons. The fraction of sp³-hybridized carbons (Fsp3) is 0.227. The molecule has 0 unspecified atom stereocenters. The average Bonchev–Trinajstić information content (AvgIpc) is 3.51. The van der Waals surface area contributed by atoms with E-state index in [2.05, 4.69) is 15.6 Å². The minimum absolute atomic E-state index is 0.0276. The van der Waals surface area contributed by atoms with Crippen molar-refractivity contribution < 1.29 is 27.5 Å². The molecule has 6 nitrogen and oxygen atoms in total. The number of hydrogen-bond donors (Lipinski definition) is 2. The van der Waals surface area contributed by atoms with Crippen molar-refractivity contribution in [1.29, 1.82) is 0 Å². The number of carbonyl (C=O) groups excluding carboxylic acids is 2. The lowest BCUT2D eigenvalue weighted by molar-refractivity contribution is -0.137. The van der Waals surface area contributed by atoms with Crippen molar-refractivity contribution >= 4 is 34.0 Å². The Balaban J connectivity index is 1.33. The maximum Gasteiger partial charge on any atom is 0.416 e. The van der Waals surface area contributed by atoms with Crippen LogP contribution in [0.3, 0.4) is 0 Å². The van der Waals surface area contributed by atoms with Gasteiger partial charge in [0.2, 0.25) is 5.91 Å². The Labute approximate surface area is 185 Å². The van der Waals surface area contributed by atoms with E-state index in [-0.39, 0.29) is 23.6 Å². The highest BCUT2D eigenvalue weighted by atomic mass is 32.1. The van der Waals surface area contributed by atoms with Crippen molar-refractivity contribution in [1.82, 2.24) is 4.98 Å². The van der Waals surface area contributed by atoms with E-state index in [4.69, 9.17) is 4.74 Å². The molecule has 166 valence electrons. The van der Waals surface area contributed by atoms with E-state index in [1.807, 2.05) is 0 Å². The summed E-state index contributed by atoms with van der Waals surface area (Å²) < 4.78 is 44.2. The molecule has 0 spiro atoms. The van der Waals surface area contributed by atoms with Crippen LogP contribution in [-0.2, 0) is 15.8 Å². The minimum Gasteiger partial charge on any atom is -0.484 e. The lowest BCUT2D eigenvalue weighted by Crippen LogP contribution is -2.20. The van der Waals surface area contributed by atoms with E-state index in [1.165, 1.54) is 12.1 Å². The van der Waals surface area contributed by atoms with Crippen molar-refractivity contribution in [2.24, 2.45) is 5.92 Å². The lowest BCUT2D eigenvalue weighted by atomic mass is 10.1. The van der Waals surface area contributed by atoms with Crippen LogP contribution >= 0.6 is 11.3 Å². The number of rotatable bonds is 7. The van der Waals surface area contributed by atoms with Gasteiger partial charge in [0.25, 0.3) is 5.91 Å². The van der Waals surface area contributed by atoms with Crippen LogP contribution in [0.4, 0.5) is 24.0 Å². The summed E-state index contributed by atoms with van der Waals surface area (Å²) in [5.74, 6) is -0.00962. The van der Waals surface area contributed by atoms with Crippen LogP contribution in [0.2, 0.25) is 0 Å². The van der Waals surface area contributed by atoms with E-state index in [1.54, 1.807) is 29.6 Å². The number of ether oxygens (including phenoxy) is 1. The van der Waals surface area contributed by atoms with Crippen LogP contribution in [0, 0.1) is 5.92 Å². The van der Waals surface area contributed by atoms with Crippen LogP contribution in [0.5, 0.6) is 5.75 Å². The maximum atomic E-state index is 12.9. The molecule has 1 aliphatic carbocycles. The summed E-state index contributed by atoms with van der Waals surface area (Å²) in [6.45, 7) is -0.293. The molecule has 2 aromatic carbocycles. The Morgan fingerprint density at radius 3 is 2.62 bits per heavy atom. The molecule has 2 N–H and O–H groups in total. The fourth-order valence-electron chi connectivity index (χ4n) is 2.88. The van der Waals surface area contributed by atoms with Crippen LogP contribution in [0.1, 0.15) is 18.4 Å². The Bertz CT molecular complexity index is 1140. The second-order valence-corrected chi connectivity index (χ2v) is 8.10. The highest BCUT2D eigenvalue weighted by molar-refractivity contribution is 7.14. The summed E-state index contributed by atoms with van der Waals surface area (Å²) in [4.78, 5) is 28.2. The second kappa shape index (κ2) is 8.99. The van der Waals surface area contributed by atoms with Gasteiger partial charge < -0.3 is 10.1 Å². The fourth-order valence-corrected chi connectivity index (χ4v) is 3.61. The number of alkyl halides is 3. The SMILES string of the molecule is O=C(COc1cccc(NC(=O)C2CC2)c1)Nc1nc(-c2cccc(C(F)(F)F)c2)cs1. The lowest BCUT2D eigenvalue weighted by Gasteiger charge is -2.09. The molecular formula is C22H18F3N3O3S. The van der Waals surface area contributed by atoms with E-state index >= 15 is 0 Å². The molecule has 0 atom stereocenters. The smallest absolute Gasteiger partial charge is 0.416 e. The summed E-state index contributed by atoms with van der Waals surface area (Å²) in [6.07, 6.45) is -2.65. The molecular weight excluding hydrogens is 443 g/mol. The number of hydrogen-bond acceptors (Lipinski definition) is 5. The number of carbonyl (C=O) groups is 2. The number of halogens is 3. The topological polar surface area (TPSA) is 80.3 Å². The normalized spacial score (nSPS) is 13.5. The highest BCUT2D eigenvalue weighted by Crippen LogP contribution is 2.33. The van der Waals surface area contributed by atoms with Crippen LogP contribution in [0.25, 0.3) is 11.3 Å². The summed E-state index contributed by atoms with van der Waals surface area (Å²) in [6, 6.07) is 11.6. The molecule has 10 heteroatoms. The predicted octanol–water partition coefficient (Wildman–Crippen LogP) is 5.19. The van der Waals surface area contributed by atoms with Crippen LogP contribution < -0.4 is 15.4 Å². The number of amides is 2. The maximum absolute atomic E-state index is 12.9. The molecule has 1 aromatic heterocycles. The van der Waals surface area contributed by atoms with Crippen molar-refractivity contribution in [3.8, 4) is 17.0 Å². The number of benzene rings is 2. The summed E-state index contributed by atoms with van der Waals surface area (Å²) in [7, 11) is 0. The highest BCUT2D eigenvalue weighted by Gasteiger charge is 2.31. The quantitative estimate of drug-likeness (QED) is 0.507. The van der Waals surface area contributed by atoms with Gasteiger partial charge in [-0.25, -0.2) is 4.98 Å². The van der Waals surface area contributed by atoms with Gasteiger partial charge in [0.15, 0.2) is 11.7 Å². The van der Waals surface area contributed by atoms with Crippen LogP contribution in [0.15, 0.2) is 53.9 Å². The standard InChI is InChI=1S/C22H18F3N3O3S/c23-22(24,25)15-4-1-3-14(9-15)18-12-32-21(27-18)28-19(29)11-31-17-6-2-5-16(10-17)26-20(30)13-7-8-13/h1-6,9-10,12-13H,7-8,11H2,(H,26,30)(H,27,28,29). The number of nitrogens with one attached hydrogen (secondary N) is 2. The number of aromatic nitrogens is 1. The van der Waals surface area contributed by atoms with Gasteiger partial charge >= 0.3 is 6.18 Å². The predicted molar refractivity (Wildman–Crippen MR) is 114 cm³/mol. The zero-order chi connectivity index (χ0) is 22.7. The van der Waals surface area contributed by atoms with E-state index in [0.29, 0.717) is 22.7 Å². The second-order valence-electron chi connectivity index (χ2n) is 7.24. The number of thiazole rings is 1.